The standard InChI is InChI=1S/C8H14F3NO4S/c1-2-17(15,16)4-3-12(5-7(13)14)6-8(9,10)11/h2-6H2,1H3,(H,13,14). The number of hydrogen-bond acceptors (Lipinski definition) is 4. The van der Waals surface area contributed by atoms with Crippen LogP contribution in [0.15, 0.2) is 0 Å². The van der Waals surface area contributed by atoms with E-state index >= 15 is 0 Å². The molecule has 9 heteroatoms. The summed E-state index contributed by atoms with van der Waals surface area (Å²) in [5, 5.41) is 8.41. The molecule has 0 unspecified atom stereocenters. The van der Waals surface area contributed by atoms with Crippen molar-refractivity contribution in [2.24, 2.45) is 0 Å². The molecule has 0 fully saturated rings. The van der Waals surface area contributed by atoms with E-state index in [1.807, 2.05) is 0 Å². The van der Waals surface area contributed by atoms with Crippen molar-refractivity contribution in [3.63, 3.8) is 0 Å². The Labute approximate surface area is 97.1 Å². The van der Waals surface area contributed by atoms with Crippen LogP contribution in [0.3, 0.4) is 0 Å². The number of carbonyl (C=O) groups is 1. The number of carboxylic acid groups (broad SMARTS) is 1. The molecule has 0 aromatic rings. The lowest BCUT2D eigenvalue weighted by Crippen LogP contribution is -2.40. The van der Waals surface area contributed by atoms with Gasteiger partial charge >= 0.3 is 12.1 Å². The molecular formula is C8H14F3NO4S. The van der Waals surface area contributed by atoms with Gasteiger partial charge in [-0.25, -0.2) is 8.42 Å². The Morgan fingerprint density at radius 3 is 2.24 bits per heavy atom. The van der Waals surface area contributed by atoms with Gasteiger partial charge in [-0.2, -0.15) is 13.2 Å². The van der Waals surface area contributed by atoms with Gasteiger partial charge in [0.05, 0.1) is 18.8 Å². The van der Waals surface area contributed by atoms with E-state index < -0.39 is 47.4 Å². The summed E-state index contributed by atoms with van der Waals surface area (Å²) < 4.78 is 58.4. The first kappa shape index (κ1) is 16.2. The summed E-state index contributed by atoms with van der Waals surface area (Å²) in [7, 11) is -3.41. The molecule has 0 aliphatic carbocycles. The predicted molar refractivity (Wildman–Crippen MR) is 54.5 cm³/mol. The van der Waals surface area contributed by atoms with Crippen LogP contribution in [0.4, 0.5) is 13.2 Å². The summed E-state index contributed by atoms with van der Waals surface area (Å²) >= 11 is 0. The number of halogens is 3. The van der Waals surface area contributed by atoms with Gasteiger partial charge in [0.25, 0.3) is 0 Å². The highest BCUT2D eigenvalue weighted by atomic mass is 32.2. The maximum Gasteiger partial charge on any atom is 0.401 e. The molecule has 0 aromatic carbocycles. The summed E-state index contributed by atoms with van der Waals surface area (Å²) in [5.74, 6) is -2.09. The summed E-state index contributed by atoms with van der Waals surface area (Å²) in [5.41, 5.74) is 0. The van der Waals surface area contributed by atoms with Gasteiger partial charge in [0.15, 0.2) is 9.84 Å². The highest BCUT2D eigenvalue weighted by Crippen LogP contribution is 2.16. The first-order chi connectivity index (χ1) is 7.56. The van der Waals surface area contributed by atoms with Crippen molar-refractivity contribution in [1.82, 2.24) is 4.90 Å². The maximum absolute atomic E-state index is 12.1. The third kappa shape index (κ3) is 8.93. The molecule has 1 N–H and O–H groups in total. The Balaban J connectivity index is 4.45. The van der Waals surface area contributed by atoms with Crippen molar-refractivity contribution in [2.75, 3.05) is 31.1 Å². The summed E-state index contributed by atoms with van der Waals surface area (Å²) in [4.78, 5) is 10.9. The van der Waals surface area contributed by atoms with Crippen molar-refractivity contribution in [3.8, 4) is 0 Å². The van der Waals surface area contributed by atoms with E-state index in [0.29, 0.717) is 4.90 Å². The Morgan fingerprint density at radius 1 is 1.35 bits per heavy atom. The molecule has 0 bridgehead atoms. The number of aliphatic carboxylic acids is 1. The van der Waals surface area contributed by atoms with Gasteiger partial charge in [-0.15, -0.1) is 0 Å². The molecule has 102 valence electrons. The van der Waals surface area contributed by atoms with E-state index in [0.717, 1.165) is 0 Å². The van der Waals surface area contributed by atoms with Gasteiger partial charge in [-0.1, -0.05) is 6.92 Å². The number of hydrogen-bond donors (Lipinski definition) is 1. The fourth-order valence-corrected chi connectivity index (χ4v) is 1.90. The largest absolute Gasteiger partial charge is 0.480 e. The van der Waals surface area contributed by atoms with Crippen LogP contribution < -0.4 is 0 Å². The zero-order valence-electron chi connectivity index (χ0n) is 9.20. The zero-order chi connectivity index (χ0) is 13.7. The predicted octanol–water partition coefficient (Wildman–Crippen LogP) is 0.370. The van der Waals surface area contributed by atoms with Crippen molar-refractivity contribution in [1.29, 1.82) is 0 Å². The SMILES string of the molecule is CCS(=O)(=O)CCN(CC(=O)O)CC(F)(F)F. The second kappa shape index (κ2) is 6.20. The monoisotopic (exact) mass is 277 g/mol. The van der Waals surface area contributed by atoms with Crippen LogP contribution in [0.1, 0.15) is 6.92 Å². The Hall–Kier alpha value is -0.830. The van der Waals surface area contributed by atoms with Crippen LogP contribution in [-0.4, -0.2) is 61.7 Å². The molecule has 0 aliphatic rings. The normalized spacial score (nSPS) is 13.0. The van der Waals surface area contributed by atoms with Crippen LogP contribution in [0.5, 0.6) is 0 Å². The first-order valence-electron chi connectivity index (χ1n) is 4.77. The number of alkyl halides is 3. The van der Waals surface area contributed by atoms with Crippen LogP contribution in [0.25, 0.3) is 0 Å². The van der Waals surface area contributed by atoms with Gasteiger partial charge in [0.1, 0.15) is 0 Å². The van der Waals surface area contributed by atoms with E-state index in [1.165, 1.54) is 6.92 Å². The van der Waals surface area contributed by atoms with Crippen molar-refractivity contribution >= 4 is 15.8 Å². The van der Waals surface area contributed by atoms with Crippen molar-refractivity contribution < 1.29 is 31.5 Å². The molecule has 0 amide bonds. The molecule has 0 saturated carbocycles. The number of rotatable bonds is 7. The van der Waals surface area contributed by atoms with Crippen LogP contribution in [-0.2, 0) is 14.6 Å². The molecule has 0 heterocycles. The van der Waals surface area contributed by atoms with Gasteiger partial charge in [0, 0.05) is 12.3 Å². The van der Waals surface area contributed by atoms with Crippen LogP contribution >= 0.6 is 0 Å². The minimum Gasteiger partial charge on any atom is -0.480 e. The first-order valence-corrected chi connectivity index (χ1v) is 6.59. The van der Waals surface area contributed by atoms with E-state index in [2.05, 4.69) is 0 Å². The lowest BCUT2D eigenvalue weighted by atomic mass is 10.4. The molecule has 0 spiro atoms. The minimum absolute atomic E-state index is 0.181. The molecule has 17 heavy (non-hydrogen) atoms. The smallest absolute Gasteiger partial charge is 0.401 e. The molecule has 0 radical (unpaired) electrons. The fraction of sp³-hybridized carbons (Fsp3) is 0.875. The van der Waals surface area contributed by atoms with Gasteiger partial charge in [0.2, 0.25) is 0 Å². The molecule has 5 nitrogen and oxygen atoms in total. The van der Waals surface area contributed by atoms with Crippen molar-refractivity contribution in [2.45, 2.75) is 13.1 Å². The second-order valence-electron chi connectivity index (χ2n) is 3.46. The second-order valence-corrected chi connectivity index (χ2v) is 5.93. The van der Waals surface area contributed by atoms with Crippen LogP contribution in [0.2, 0.25) is 0 Å². The highest BCUT2D eigenvalue weighted by molar-refractivity contribution is 7.91. The summed E-state index contributed by atoms with van der Waals surface area (Å²) in [6.45, 7) is -1.33. The third-order valence-corrected chi connectivity index (χ3v) is 3.60. The molecule has 0 aliphatic heterocycles. The number of carboxylic acids is 1. The highest BCUT2D eigenvalue weighted by Gasteiger charge is 2.31. The molecule has 0 atom stereocenters. The zero-order valence-corrected chi connectivity index (χ0v) is 10.0. The summed E-state index contributed by atoms with van der Waals surface area (Å²) in [6, 6.07) is 0. The average molecular weight is 277 g/mol. The molecule has 0 saturated heterocycles. The molecule has 0 aromatic heterocycles. The fourth-order valence-electron chi connectivity index (χ4n) is 1.07. The average Bonchev–Trinajstić information content (AvgIpc) is 2.11. The quantitative estimate of drug-likeness (QED) is 0.727. The Bertz CT molecular complexity index is 352. The Kier molecular flexibility index (Phi) is 5.89. The van der Waals surface area contributed by atoms with E-state index in [4.69, 9.17) is 5.11 Å². The molecular weight excluding hydrogens is 263 g/mol. The van der Waals surface area contributed by atoms with E-state index in [-0.39, 0.29) is 5.75 Å². The Morgan fingerprint density at radius 2 is 1.88 bits per heavy atom. The topological polar surface area (TPSA) is 74.7 Å². The lowest BCUT2D eigenvalue weighted by molar-refractivity contribution is -0.153. The molecule has 0 rings (SSSR count). The van der Waals surface area contributed by atoms with E-state index in [9.17, 15) is 26.4 Å². The van der Waals surface area contributed by atoms with Crippen molar-refractivity contribution in [3.05, 3.63) is 0 Å². The van der Waals surface area contributed by atoms with Gasteiger partial charge in [-0.3, -0.25) is 9.69 Å². The lowest BCUT2D eigenvalue weighted by Gasteiger charge is -2.21. The van der Waals surface area contributed by atoms with E-state index in [1.54, 1.807) is 0 Å². The summed E-state index contributed by atoms with van der Waals surface area (Å²) in [6.07, 6.45) is -4.55. The number of sulfone groups is 1. The minimum atomic E-state index is -4.55. The number of nitrogens with zero attached hydrogens (tertiary/aromatic N) is 1. The van der Waals surface area contributed by atoms with Gasteiger partial charge < -0.3 is 5.11 Å². The van der Waals surface area contributed by atoms with Crippen LogP contribution in [0, 0.1) is 0 Å². The third-order valence-electron chi connectivity index (χ3n) is 1.92. The van der Waals surface area contributed by atoms with Gasteiger partial charge in [-0.05, 0) is 0 Å². The maximum atomic E-state index is 12.1.